The average Bonchev–Trinajstić information content (AvgIpc) is 2.29. The number of nitrogens with zero attached hydrogens (tertiary/aromatic N) is 1. The molecule has 1 aromatic rings. The molecule has 3 nitrogen and oxygen atoms in total. The van der Waals surface area contributed by atoms with Gasteiger partial charge in [-0.05, 0) is 29.7 Å². The van der Waals surface area contributed by atoms with E-state index in [2.05, 4.69) is 23.4 Å². The number of hydrogen-bond donors (Lipinski definition) is 1. The highest BCUT2D eigenvalue weighted by atomic mass is 32.1. The lowest BCUT2D eigenvalue weighted by Crippen LogP contribution is -2.07. The zero-order chi connectivity index (χ0) is 12.1. The number of esters is 1. The largest absolute Gasteiger partial charge is 0.469 e. The molecule has 1 aromatic carbocycles. The molecular weight excluding hydrogens is 222 g/mol. The Kier molecular flexibility index (Phi) is 4.39. The fraction of sp³-hybridized carbons (Fsp3) is 0.333. The van der Waals surface area contributed by atoms with Crippen molar-refractivity contribution in [2.75, 3.05) is 7.11 Å². The van der Waals surface area contributed by atoms with E-state index in [1.807, 2.05) is 6.92 Å². The van der Waals surface area contributed by atoms with E-state index in [-0.39, 0.29) is 12.4 Å². The lowest BCUT2D eigenvalue weighted by Gasteiger charge is -2.09. The van der Waals surface area contributed by atoms with Gasteiger partial charge in [0.15, 0.2) is 0 Å². The predicted molar refractivity (Wildman–Crippen MR) is 63.5 cm³/mol. The Balaban J connectivity index is 3.14. The first-order valence-electron chi connectivity index (χ1n) is 4.94. The lowest BCUT2D eigenvalue weighted by atomic mass is 10.00. The maximum Gasteiger partial charge on any atom is 0.309 e. The van der Waals surface area contributed by atoms with Gasteiger partial charge in [-0.3, -0.25) is 4.79 Å². The fourth-order valence-electron chi connectivity index (χ4n) is 1.49. The van der Waals surface area contributed by atoms with E-state index in [4.69, 9.17) is 5.26 Å². The van der Waals surface area contributed by atoms with E-state index in [1.165, 1.54) is 7.11 Å². The molecule has 0 N–H and O–H groups in total. The summed E-state index contributed by atoms with van der Waals surface area (Å²) in [4.78, 5) is 11.8. The van der Waals surface area contributed by atoms with Crippen LogP contribution in [0.5, 0.6) is 0 Å². The SMILES string of the molecule is CCc1cc(C#N)c(S)cc1CC(=O)OC. The van der Waals surface area contributed by atoms with Crippen LogP contribution in [0.1, 0.15) is 23.6 Å². The first kappa shape index (κ1) is 12.6. The molecule has 0 atom stereocenters. The molecule has 0 aliphatic rings. The van der Waals surface area contributed by atoms with Crippen molar-refractivity contribution < 1.29 is 9.53 Å². The maximum absolute atomic E-state index is 11.2. The first-order chi connectivity index (χ1) is 7.62. The number of benzene rings is 1. The van der Waals surface area contributed by atoms with Gasteiger partial charge in [0.05, 0.1) is 19.1 Å². The van der Waals surface area contributed by atoms with E-state index in [0.717, 1.165) is 17.5 Å². The van der Waals surface area contributed by atoms with Crippen molar-refractivity contribution in [2.45, 2.75) is 24.7 Å². The van der Waals surface area contributed by atoms with E-state index < -0.39 is 0 Å². The van der Waals surface area contributed by atoms with Crippen LogP contribution in [-0.4, -0.2) is 13.1 Å². The lowest BCUT2D eigenvalue weighted by molar-refractivity contribution is -0.139. The van der Waals surface area contributed by atoms with Gasteiger partial charge >= 0.3 is 5.97 Å². The van der Waals surface area contributed by atoms with Crippen molar-refractivity contribution >= 4 is 18.6 Å². The monoisotopic (exact) mass is 235 g/mol. The zero-order valence-corrected chi connectivity index (χ0v) is 10.2. The van der Waals surface area contributed by atoms with Crippen LogP contribution in [-0.2, 0) is 22.4 Å². The summed E-state index contributed by atoms with van der Waals surface area (Å²) in [5.74, 6) is -0.285. The molecule has 0 saturated heterocycles. The molecule has 0 saturated carbocycles. The number of rotatable bonds is 3. The van der Waals surface area contributed by atoms with Crippen LogP contribution in [0.3, 0.4) is 0 Å². The van der Waals surface area contributed by atoms with Crippen LogP contribution >= 0.6 is 12.6 Å². The van der Waals surface area contributed by atoms with Crippen molar-refractivity contribution in [1.29, 1.82) is 5.26 Å². The molecule has 0 spiro atoms. The smallest absolute Gasteiger partial charge is 0.309 e. The molecule has 0 heterocycles. The Hall–Kier alpha value is -1.47. The third-order valence-corrected chi connectivity index (χ3v) is 2.75. The standard InChI is InChI=1S/C12H13NO2S/c1-3-8-4-10(7-13)11(16)5-9(8)6-12(14)15-2/h4-5,16H,3,6H2,1-2H3. The minimum Gasteiger partial charge on any atom is -0.469 e. The Morgan fingerprint density at radius 2 is 2.19 bits per heavy atom. The van der Waals surface area contributed by atoms with Crippen LogP contribution in [0.15, 0.2) is 17.0 Å². The molecule has 0 fully saturated rings. The van der Waals surface area contributed by atoms with Gasteiger partial charge in [0.1, 0.15) is 6.07 Å². The van der Waals surface area contributed by atoms with Crippen LogP contribution < -0.4 is 0 Å². The molecule has 0 aromatic heterocycles. The Morgan fingerprint density at radius 1 is 1.50 bits per heavy atom. The van der Waals surface area contributed by atoms with Gasteiger partial charge in [-0.25, -0.2) is 0 Å². The number of ether oxygens (including phenoxy) is 1. The van der Waals surface area contributed by atoms with Gasteiger partial charge < -0.3 is 4.74 Å². The van der Waals surface area contributed by atoms with E-state index in [9.17, 15) is 4.79 Å². The van der Waals surface area contributed by atoms with Gasteiger partial charge in [-0.1, -0.05) is 6.92 Å². The molecule has 4 heteroatoms. The normalized spacial score (nSPS) is 9.62. The number of carbonyl (C=O) groups excluding carboxylic acids is 1. The molecule has 84 valence electrons. The number of thiol groups is 1. The van der Waals surface area contributed by atoms with Gasteiger partial charge in [-0.2, -0.15) is 5.26 Å². The van der Waals surface area contributed by atoms with E-state index >= 15 is 0 Å². The molecule has 0 unspecified atom stereocenters. The minimum absolute atomic E-state index is 0.221. The Morgan fingerprint density at radius 3 is 2.69 bits per heavy atom. The second kappa shape index (κ2) is 5.57. The summed E-state index contributed by atoms with van der Waals surface area (Å²) in [6.07, 6.45) is 0.994. The van der Waals surface area contributed by atoms with E-state index in [1.54, 1.807) is 12.1 Å². The summed E-state index contributed by atoms with van der Waals surface area (Å²) in [5, 5.41) is 8.87. The first-order valence-corrected chi connectivity index (χ1v) is 5.38. The predicted octanol–water partition coefficient (Wildman–Crippen LogP) is 2.12. The summed E-state index contributed by atoms with van der Waals surface area (Å²) in [5.41, 5.74) is 2.40. The molecule has 0 bridgehead atoms. The highest BCUT2D eigenvalue weighted by Crippen LogP contribution is 2.21. The number of carbonyl (C=O) groups is 1. The van der Waals surface area contributed by atoms with Crippen molar-refractivity contribution in [3.8, 4) is 6.07 Å². The molecule has 0 aliphatic carbocycles. The molecule has 16 heavy (non-hydrogen) atoms. The summed E-state index contributed by atoms with van der Waals surface area (Å²) < 4.78 is 4.62. The van der Waals surface area contributed by atoms with Crippen LogP contribution in [0.2, 0.25) is 0 Å². The molecular formula is C12H13NO2S. The third-order valence-electron chi connectivity index (χ3n) is 2.38. The Bertz CT molecular complexity index is 449. The van der Waals surface area contributed by atoms with Crippen molar-refractivity contribution in [2.24, 2.45) is 0 Å². The van der Waals surface area contributed by atoms with Gasteiger partial charge in [0, 0.05) is 4.90 Å². The number of hydrogen-bond acceptors (Lipinski definition) is 4. The minimum atomic E-state index is -0.285. The van der Waals surface area contributed by atoms with Crippen molar-refractivity contribution in [1.82, 2.24) is 0 Å². The van der Waals surface area contributed by atoms with Crippen LogP contribution in [0.25, 0.3) is 0 Å². The number of aryl methyl sites for hydroxylation is 1. The summed E-state index contributed by atoms with van der Waals surface area (Å²) in [7, 11) is 1.36. The van der Waals surface area contributed by atoms with Crippen LogP contribution in [0.4, 0.5) is 0 Å². The maximum atomic E-state index is 11.2. The molecule has 1 rings (SSSR count). The second-order valence-electron chi connectivity index (χ2n) is 3.36. The average molecular weight is 235 g/mol. The summed E-state index contributed by atoms with van der Waals surface area (Å²) in [6, 6.07) is 5.61. The second-order valence-corrected chi connectivity index (χ2v) is 3.84. The zero-order valence-electron chi connectivity index (χ0n) is 9.28. The topological polar surface area (TPSA) is 50.1 Å². The number of methoxy groups -OCH3 is 1. The highest BCUT2D eigenvalue weighted by molar-refractivity contribution is 7.80. The molecule has 0 radical (unpaired) electrons. The third kappa shape index (κ3) is 2.77. The van der Waals surface area contributed by atoms with Gasteiger partial charge in [0.2, 0.25) is 0 Å². The Labute approximate surface area is 100 Å². The quantitative estimate of drug-likeness (QED) is 0.645. The summed E-state index contributed by atoms with van der Waals surface area (Å²) in [6.45, 7) is 1.98. The fourth-order valence-corrected chi connectivity index (χ4v) is 1.76. The van der Waals surface area contributed by atoms with Gasteiger partial charge in [-0.15, -0.1) is 12.6 Å². The van der Waals surface area contributed by atoms with Crippen molar-refractivity contribution in [3.63, 3.8) is 0 Å². The molecule has 0 aliphatic heterocycles. The summed E-state index contributed by atoms with van der Waals surface area (Å²) >= 11 is 4.21. The highest BCUT2D eigenvalue weighted by Gasteiger charge is 2.10. The van der Waals surface area contributed by atoms with Gasteiger partial charge in [0.25, 0.3) is 0 Å². The molecule has 0 amide bonds. The van der Waals surface area contributed by atoms with Crippen molar-refractivity contribution in [3.05, 3.63) is 28.8 Å². The van der Waals surface area contributed by atoms with E-state index in [0.29, 0.717) is 10.5 Å². The number of nitriles is 1. The van der Waals surface area contributed by atoms with Crippen LogP contribution in [0, 0.1) is 11.3 Å².